The van der Waals surface area contributed by atoms with E-state index in [0.717, 1.165) is 35.5 Å². The Morgan fingerprint density at radius 2 is 1.96 bits per heavy atom. The topological polar surface area (TPSA) is 44.4 Å². The highest BCUT2D eigenvalue weighted by molar-refractivity contribution is 7.80. The molecule has 1 saturated heterocycles. The van der Waals surface area contributed by atoms with Gasteiger partial charge in [-0.1, -0.05) is 12.1 Å². The summed E-state index contributed by atoms with van der Waals surface area (Å²) in [6.07, 6.45) is 1.53. The fourth-order valence-electron chi connectivity index (χ4n) is 3.14. The summed E-state index contributed by atoms with van der Waals surface area (Å²) in [6.45, 7) is 4.74. The largest absolute Gasteiger partial charge is 0.356 e. The highest BCUT2D eigenvalue weighted by atomic mass is 32.1. The standard InChI is InChI=1S/C20H22FN3OS/c1-13-12-17(9-10-18(13)24-11-3-4-19(24)25)23-20(26)22-14(2)15-5-7-16(21)8-6-15/h5-10,12,14H,3-4,11H2,1-2H3,(H2,22,23,26)/t14-/m1/s1. The Morgan fingerprint density at radius 3 is 2.58 bits per heavy atom. The zero-order valence-electron chi connectivity index (χ0n) is 14.9. The van der Waals surface area contributed by atoms with E-state index < -0.39 is 0 Å². The van der Waals surface area contributed by atoms with Crippen LogP contribution in [0.4, 0.5) is 15.8 Å². The van der Waals surface area contributed by atoms with Crippen LogP contribution in [0.1, 0.15) is 36.9 Å². The minimum Gasteiger partial charge on any atom is -0.356 e. The number of anilines is 2. The van der Waals surface area contributed by atoms with E-state index in [1.807, 2.05) is 36.9 Å². The number of carbonyl (C=O) groups excluding carboxylic acids is 1. The molecule has 1 amide bonds. The van der Waals surface area contributed by atoms with Crippen LogP contribution in [0.15, 0.2) is 42.5 Å². The molecule has 0 radical (unpaired) electrons. The first-order valence-electron chi connectivity index (χ1n) is 8.68. The molecule has 0 spiro atoms. The Balaban J connectivity index is 1.63. The van der Waals surface area contributed by atoms with Gasteiger partial charge in [-0.3, -0.25) is 4.79 Å². The maximum Gasteiger partial charge on any atom is 0.227 e. The molecule has 6 heteroatoms. The lowest BCUT2D eigenvalue weighted by molar-refractivity contribution is -0.117. The van der Waals surface area contributed by atoms with E-state index in [-0.39, 0.29) is 17.8 Å². The molecule has 0 saturated carbocycles. The summed E-state index contributed by atoms with van der Waals surface area (Å²) in [5, 5.41) is 6.85. The van der Waals surface area contributed by atoms with Crippen LogP contribution >= 0.6 is 12.2 Å². The summed E-state index contributed by atoms with van der Waals surface area (Å²) >= 11 is 5.38. The maximum atomic E-state index is 13.0. The fourth-order valence-corrected chi connectivity index (χ4v) is 3.43. The van der Waals surface area contributed by atoms with E-state index in [4.69, 9.17) is 12.2 Å². The van der Waals surface area contributed by atoms with Gasteiger partial charge in [-0.15, -0.1) is 0 Å². The van der Waals surface area contributed by atoms with Gasteiger partial charge < -0.3 is 15.5 Å². The number of benzene rings is 2. The lowest BCUT2D eigenvalue weighted by atomic mass is 10.1. The second-order valence-corrected chi connectivity index (χ2v) is 6.93. The van der Waals surface area contributed by atoms with E-state index >= 15 is 0 Å². The number of halogens is 1. The van der Waals surface area contributed by atoms with Crippen molar-refractivity contribution in [2.45, 2.75) is 32.7 Å². The summed E-state index contributed by atoms with van der Waals surface area (Å²) < 4.78 is 13.0. The lowest BCUT2D eigenvalue weighted by Gasteiger charge is -2.20. The third-order valence-corrected chi connectivity index (χ3v) is 4.76. The van der Waals surface area contributed by atoms with Crippen molar-refractivity contribution in [2.24, 2.45) is 0 Å². The van der Waals surface area contributed by atoms with E-state index in [1.165, 1.54) is 12.1 Å². The molecule has 0 aromatic heterocycles. The van der Waals surface area contributed by atoms with Crippen LogP contribution in [0, 0.1) is 12.7 Å². The van der Waals surface area contributed by atoms with E-state index in [2.05, 4.69) is 10.6 Å². The number of thiocarbonyl (C=S) groups is 1. The van der Waals surface area contributed by atoms with Crippen molar-refractivity contribution in [3.8, 4) is 0 Å². The van der Waals surface area contributed by atoms with Crippen molar-refractivity contribution >= 4 is 34.6 Å². The van der Waals surface area contributed by atoms with Gasteiger partial charge in [-0.05, 0) is 73.9 Å². The molecule has 0 unspecified atom stereocenters. The predicted molar refractivity (Wildman–Crippen MR) is 107 cm³/mol. The van der Waals surface area contributed by atoms with Crippen LogP contribution in [0.5, 0.6) is 0 Å². The fraction of sp³-hybridized carbons (Fsp3) is 0.300. The number of nitrogens with one attached hydrogen (secondary N) is 2. The summed E-state index contributed by atoms with van der Waals surface area (Å²) in [4.78, 5) is 13.8. The minimum absolute atomic E-state index is 0.0433. The van der Waals surface area contributed by atoms with Gasteiger partial charge in [0.2, 0.25) is 5.91 Å². The first kappa shape index (κ1) is 18.3. The number of carbonyl (C=O) groups is 1. The van der Waals surface area contributed by atoms with Crippen molar-refractivity contribution in [3.05, 3.63) is 59.4 Å². The molecule has 0 bridgehead atoms. The molecule has 2 aromatic rings. The van der Waals surface area contributed by atoms with Crippen LogP contribution in [0.25, 0.3) is 0 Å². The Labute approximate surface area is 158 Å². The molecule has 1 heterocycles. The van der Waals surface area contributed by atoms with Crippen LogP contribution < -0.4 is 15.5 Å². The monoisotopic (exact) mass is 371 g/mol. The average molecular weight is 371 g/mol. The van der Waals surface area contributed by atoms with Gasteiger partial charge in [-0.25, -0.2) is 4.39 Å². The SMILES string of the molecule is Cc1cc(NC(=S)N[C@H](C)c2ccc(F)cc2)ccc1N1CCCC1=O. The van der Waals surface area contributed by atoms with Gasteiger partial charge in [0.05, 0.1) is 6.04 Å². The van der Waals surface area contributed by atoms with Gasteiger partial charge in [0.15, 0.2) is 5.11 Å². The quantitative estimate of drug-likeness (QED) is 0.786. The molecule has 2 N–H and O–H groups in total. The van der Waals surface area contributed by atoms with E-state index in [1.54, 1.807) is 12.1 Å². The maximum absolute atomic E-state index is 13.0. The summed E-state index contributed by atoms with van der Waals surface area (Å²) in [7, 11) is 0. The Kier molecular flexibility index (Phi) is 5.52. The highest BCUT2D eigenvalue weighted by Gasteiger charge is 2.22. The first-order valence-corrected chi connectivity index (χ1v) is 9.09. The number of rotatable bonds is 4. The molecule has 3 rings (SSSR count). The van der Waals surface area contributed by atoms with Crippen molar-refractivity contribution in [1.29, 1.82) is 0 Å². The second-order valence-electron chi connectivity index (χ2n) is 6.52. The molecule has 136 valence electrons. The van der Waals surface area contributed by atoms with Crippen molar-refractivity contribution in [3.63, 3.8) is 0 Å². The Bertz CT molecular complexity index is 822. The molecule has 1 aliphatic rings. The minimum atomic E-state index is -0.256. The number of hydrogen-bond donors (Lipinski definition) is 2. The second kappa shape index (κ2) is 7.83. The van der Waals surface area contributed by atoms with Gasteiger partial charge in [0, 0.05) is 24.3 Å². The normalized spacial score (nSPS) is 15.0. The van der Waals surface area contributed by atoms with Gasteiger partial charge >= 0.3 is 0 Å². The number of nitrogens with zero attached hydrogens (tertiary/aromatic N) is 1. The van der Waals surface area contributed by atoms with Gasteiger partial charge in [0.25, 0.3) is 0 Å². The summed E-state index contributed by atoms with van der Waals surface area (Å²) in [5.74, 6) is -0.0761. The zero-order valence-corrected chi connectivity index (χ0v) is 15.7. The number of amides is 1. The Hall–Kier alpha value is -2.47. The predicted octanol–water partition coefficient (Wildman–Crippen LogP) is 4.31. The van der Waals surface area contributed by atoms with Crippen molar-refractivity contribution in [2.75, 3.05) is 16.8 Å². The van der Waals surface area contributed by atoms with Crippen molar-refractivity contribution in [1.82, 2.24) is 5.32 Å². The van der Waals surface area contributed by atoms with Crippen LogP contribution in [-0.4, -0.2) is 17.6 Å². The molecule has 0 aliphatic carbocycles. The molecule has 4 nitrogen and oxygen atoms in total. The molecule has 1 aliphatic heterocycles. The number of hydrogen-bond acceptors (Lipinski definition) is 2. The average Bonchev–Trinajstić information content (AvgIpc) is 3.01. The smallest absolute Gasteiger partial charge is 0.227 e. The Morgan fingerprint density at radius 1 is 1.23 bits per heavy atom. The third kappa shape index (κ3) is 4.19. The number of aryl methyl sites for hydroxylation is 1. The molecular weight excluding hydrogens is 349 g/mol. The summed E-state index contributed by atoms with van der Waals surface area (Å²) in [6, 6.07) is 12.2. The molecule has 26 heavy (non-hydrogen) atoms. The molecular formula is C20H22FN3OS. The van der Waals surface area contributed by atoms with E-state index in [9.17, 15) is 9.18 Å². The van der Waals surface area contributed by atoms with E-state index in [0.29, 0.717) is 11.5 Å². The van der Waals surface area contributed by atoms with Crippen LogP contribution in [-0.2, 0) is 4.79 Å². The molecule has 1 atom stereocenters. The van der Waals surface area contributed by atoms with Gasteiger partial charge in [-0.2, -0.15) is 0 Å². The summed E-state index contributed by atoms with van der Waals surface area (Å²) in [5.41, 5.74) is 3.80. The van der Waals surface area contributed by atoms with Gasteiger partial charge in [0.1, 0.15) is 5.82 Å². The third-order valence-electron chi connectivity index (χ3n) is 4.54. The van der Waals surface area contributed by atoms with Crippen LogP contribution in [0.2, 0.25) is 0 Å². The highest BCUT2D eigenvalue weighted by Crippen LogP contribution is 2.27. The first-order chi connectivity index (χ1) is 12.4. The van der Waals surface area contributed by atoms with Crippen LogP contribution in [0.3, 0.4) is 0 Å². The molecule has 2 aromatic carbocycles. The lowest BCUT2D eigenvalue weighted by Crippen LogP contribution is -2.31. The molecule has 1 fully saturated rings. The van der Waals surface area contributed by atoms with Crippen molar-refractivity contribution < 1.29 is 9.18 Å². The zero-order chi connectivity index (χ0) is 18.7.